The zero-order valence-electron chi connectivity index (χ0n) is 10.3. The van der Waals surface area contributed by atoms with Crippen molar-refractivity contribution in [2.45, 2.75) is 31.6 Å². The van der Waals surface area contributed by atoms with E-state index in [-0.39, 0.29) is 0 Å². The van der Waals surface area contributed by atoms with E-state index in [0.717, 1.165) is 17.1 Å². The Morgan fingerprint density at radius 1 is 1.28 bits per heavy atom. The number of aromatic nitrogens is 4. The van der Waals surface area contributed by atoms with Crippen molar-refractivity contribution in [1.82, 2.24) is 19.7 Å². The van der Waals surface area contributed by atoms with Crippen LogP contribution >= 0.6 is 11.6 Å². The predicted octanol–water partition coefficient (Wildman–Crippen LogP) is 3.19. The largest absolute Gasteiger partial charge is 0.275 e. The van der Waals surface area contributed by atoms with E-state index in [1.807, 2.05) is 13.2 Å². The zero-order valence-corrected chi connectivity index (χ0v) is 11.1. The Balaban J connectivity index is 1.99. The number of aryl methyl sites for hydroxylation is 1. The molecule has 2 heterocycles. The Morgan fingerprint density at radius 3 is 2.72 bits per heavy atom. The van der Waals surface area contributed by atoms with Crippen LogP contribution in [0.3, 0.4) is 0 Å². The van der Waals surface area contributed by atoms with E-state index in [2.05, 4.69) is 15.1 Å². The number of halogens is 1. The van der Waals surface area contributed by atoms with Gasteiger partial charge in [-0.1, -0.05) is 24.4 Å². The Bertz CT molecular complexity index is 558. The van der Waals surface area contributed by atoms with Gasteiger partial charge in [0.05, 0.1) is 11.9 Å². The SMILES string of the molecule is Cn1cc(-c2cc(Cl)nc(C3CCCC3)n2)cn1. The number of rotatable bonds is 2. The van der Waals surface area contributed by atoms with Crippen LogP contribution in [0, 0.1) is 0 Å². The highest BCUT2D eigenvalue weighted by Gasteiger charge is 2.21. The lowest BCUT2D eigenvalue weighted by atomic mass is 10.1. The summed E-state index contributed by atoms with van der Waals surface area (Å²) in [5.74, 6) is 1.36. The molecule has 0 aromatic carbocycles. The first-order valence-electron chi connectivity index (χ1n) is 6.26. The summed E-state index contributed by atoms with van der Waals surface area (Å²) in [7, 11) is 1.89. The third-order valence-electron chi connectivity index (χ3n) is 3.43. The van der Waals surface area contributed by atoms with Crippen LogP contribution in [0.4, 0.5) is 0 Å². The highest BCUT2D eigenvalue weighted by atomic mass is 35.5. The molecule has 0 unspecified atom stereocenters. The van der Waals surface area contributed by atoms with E-state index in [9.17, 15) is 0 Å². The van der Waals surface area contributed by atoms with E-state index in [0.29, 0.717) is 11.1 Å². The second-order valence-corrected chi connectivity index (χ2v) is 5.21. The maximum Gasteiger partial charge on any atom is 0.133 e. The molecule has 5 heteroatoms. The monoisotopic (exact) mass is 262 g/mol. The maximum absolute atomic E-state index is 6.11. The topological polar surface area (TPSA) is 43.6 Å². The lowest BCUT2D eigenvalue weighted by Crippen LogP contribution is -2.01. The Labute approximate surface area is 111 Å². The molecule has 1 fully saturated rings. The van der Waals surface area contributed by atoms with E-state index in [4.69, 9.17) is 11.6 Å². The van der Waals surface area contributed by atoms with E-state index >= 15 is 0 Å². The van der Waals surface area contributed by atoms with Gasteiger partial charge in [0, 0.05) is 30.8 Å². The molecule has 0 saturated heterocycles. The zero-order chi connectivity index (χ0) is 12.5. The van der Waals surface area contributed by atoms with Gasteiger partial charge in [0.15, 0.2) is 0 Å². The minimum absolute atomic E-state index is 0.471. The summed E-state index contributed by atoms with van der Waals surface area (Å²) in [6.45, 7) is 0. The van der Waals surface area contributed by atoms with Gasteiger partial charge in [-0.3, -0.25) is 4.68 Å². The van der Waals surface area contributed by atoms with E-state index < -0.39 is 0 Å². The quantitative estimate of drug-likeness (QED) is 0.781. The lowest BCUT2D eigenvalue weighted by molar-refractivity contribution is 0.669. The summed E-state index contributed by atoms with van der Waals surface area (Å²) < 4.78 is 1.76. The average Bonchev–Trinajstić information content (AvgIpc) is 2.98. The minimum atomic E-state index is 0.471. The molecule has 0 amide bonds. The molecule has 0 spiro atoms. The third-order valence-corrected chi connectivity index (χ3v) is 3.63. The molecular weight excluding hydrogens is 248 g/mol. The molecule has 4 nitrogen and oxygen atoms in total. The lowest BCUT2D eigenvalue weighted by Gasteiger charge is -2.09. The van der Waals surface area contributed by atoms with Gasteiger partial charge in [-0.2, -0.15) is 5.10 Å². The fraction of sp³-hybridized carbons (Fsp3) is 0.462. The van der Waals surface area contributed by atoms with Crippen molar-refractivity contribution < 1.29 is 0 Å². The normalized spacial score (nSPS) is 16.3. The molecule has 1 saturated carbocycles. The van der Waals surface area contributed by atoms with Gasteiger partial charge in [0.25, 0.3) is 0 Å². The molecule has 1 aliphatic rings. The first-order chi connectivity index (χ1) is 8.72. The van der Waals surface area contributed by atoms with Crippen molar-refractivity contribution in [2.75, 3.05) is 0 Å². The summed E-state index contributed by atoms with van der Waals surface area (Å²) >= 11 is 6.11. The molecule has 3 rings (SSSR count). The summed E-state index contributed by atoms with van der Waals surface area (Å²) in [6, 6.07) is 1.80. The van der Waals surface area contributed by atoms with Crippen LogP contribution in [0.2, 0.25) is 5.15 Å². The fourth-order valence-electron chi connectivity index (χ4n) is 2.50. The average molecular weight is 263 g/mol. The van der Waals surface area contributed by atoms with Crippen LogP contribution in [0.15, 0.2) is 18.5 Å². The molecule has 0 radical (unpaired) electrons. The molecule has 94 valence electrons. The molecule has 0 aliphatic heterocycles. The van der Waals surface area contributed by atoms with E-state index in [1.165, 1.54) is 25.7 Å². The first kappa shape index (κ1) is 11.7. The molecule has 1 aliphatic carbocycles. The van der Waals surface area contributed by atoms with Gasteiger partial charge < -0.3 is 0 Å². The van der Waals surface area contributed by atoms with Gasteiger partial charge in [-0.05, 0) is 12.8 Å². The molecule has 0 atom stereocenters. The van der Waals surface area contributed by atoms with Crippen LogP contribution in [0.25, 0.3) is 11.3 Å². The third kappa shape index (κ3) is 2.25. The maximum atomic E-state index is 6.11. The first-order valence-corrected chi connectivity index (χ1v) is 6.63. The van der Waals surface area contributed by atoms with E-state index in [1.54, 1.807) is 16.9 Å². The van der Waals surface area contributed by atoms with Gasteiger partial charge in [0.2, 0.25) is 0 Å². The second-order valence-electron chi connectivity index (χ2n) is 4.82. The van der Waals surface area contributed by atoms with Gasteiger partial charge in [-0.15, -0.1) is 0 Å². The summed E-state index contributed by atoms with van der Waals surface area (Å²) in [5.41, 5.74) is 1.85. The number of hydrogen-bond donors (Lipinski definition) is 0. The van der Waals surface area contributed by atoms with Crippen LogP contribution < -0.4 is 0 Å². The highest BCUT2D eigenvalue weighted by Crippen LogP contribution is 2.33. The number of nitrogens with zero attached hydrogens (tertiary/aromatic N) is 4. The molecule has 2 aromatic heterocycles. The molecule has 18 heavy (non-hydrogen) atoms. The standard InChI is InChI=1S/C13H15ClN4/c1-18-8-10(7-15-18)11-6-12(14)17-13(16-11)9-4-2-3-5-9/h6-9H,2-5H2,1H3. The van der Waals surface area contributed by atoms with Crippen molar-refractivity contribution in [3.8, 4) is 11.3 Å². The highest BCUT2D eigenvalue weighted by molar-refractivity contribution is 6.29. The van der Waals surface area contributed by atoms with Crippen LogP contribution in [-0.4, -0.2) is 19.7 Å². The Kier molecular flexibility index (Phi) is 3.04. The van der Waals surface area contributed by atoms with Gasteiger partial charge in [-0.25, -0.2) is 9.97 Å². The Morgan fingerprint density at radius 2 is 2.06 bits per heavy atom. The van der Waals surface area contributed by atoms with Crippen LogP contribution in [0.5, 0.6) is 0 Å². The summed E-state index contributed by atoms with van der Waals surface area (Å²) in [4.78, 5) is 9.03. The van der Waals surface area contributed by atoms with Crippen molar-refractivity contribution in [3.05, 3.63) is 29.4 Å². The molecule has 0 N–H and O–H groups in total. The molecule has 2 aromatic rings. The molecular formula is C13H15ClN4. The fourth-order valence-corrected chi connectivity index (χ4v) is 2.69. The van der Waals surface area contributed by atoms with Crippen molar-refractivity contribution in [1.29, 1.82) is 0 Å². The van der Waals surface area contributed by atoms with Crippen LogP contribution in [-0.2, 0) is 7.05 Å². The van der Waals surface area contributed by atoms with Crippen molar-refractivity contribution in [3.63, 3.8) is 0 Å². The minimum Gasteiger partial charge on any atom is -0.275 e. The van der Waals surface area contributed by atoms with Crippen LogP contribution in [0.1, 0.15) is 37.4 Å². The van der Waals surface area contributed by atoms with Crippen molar-refractivity contribution in [2.24, 2.45) is 7.05 Å². The second kappa shape index (κ2) is 4.69. The van der Waals surface area contributed by atoms with Gasteiger partial charge in [0.1, 0.15) is 11.0 Å². The smallest absolute Gasteiger partial charge is 0.133 e. The summed E-state index contributed by atoms with van der Waals surface area (Å²) in [6.07, 6.45) is 8.62. The van der Waals surface area contributed by atoms with Gasteiger partial charge >= 0.3 is 0 Å². The van der Waals surface area contributed by atoms with Crippen molar-refractivity contribution >= 4 is 11.6 Å². The summed E-state index contributed by atoms with van der Waals surface area (Å²) in [5, 5.41) is 4.68. The Hall–Kier alpha value is -1.42. The number of hydrogen-bond acceptors (Lipinski definition) is 3. The predicted molar refractivity (Wildman–Crippen MR) is 70.5 cm³/mol. The molecule has 0 bridgehead atoms.